The molecule has 10 heteroatoms. The third-order valence-corrected chi connectivity index (χ3v) is 7.31. The van der Waals surface area contributed by atoms with Crippen LogP contribution in [-0.4, -0.2) is 45.6 Å². The molecule has 4 rings (SSSR count). The second kappa shape index (κ2) is 7.69. The minimum absolute atomic E-state index is 0.124. The van der Waals surface area contributed by atoms with Crippen molar-refractivity contribution in [1.29, 1.82) is 0 Å². The highest BCUT2D eigenvalue weighted by molar-refractivity contribution is 7.89. The lowest BCUT2D eigenvalue weighted by Gasteiger charge is -2.17. The van der Waals surface area contributed by atoms with Crippen LogP contribution in [0.2, 0.25) is 0 Å². The molecule has 0 amide bonds. The van der Waals surface area contributed by atoms with E-state index in [4.69, 9.17) is 5.73 Å². The molecule has 9 nitrogen and oxygen atoms in total. The fraction of sp³-hybridized carbons (Fsp3) is 0.350. The first kappa shape index (κ1) is 20.3. The molecule has 0 aliphatic carbocycles. The van der Waals surface area contributed by atoms with Crippen LogP contribution in [-0.2, 0) is 17.1 Å². The van der Waals surface area contributed by atoms with Crippen LogP contribution < -0.4 is 11.1 Å². The number of sulfonamides is 1. The number of aryl methyl sites for hydroxylation is 2. The lowest BCUT2D eigenvalue weighted by Crippen LogP contribution is -2.27. The summed E-state index contributed by atoms with van der Waals surface area (Å²) >= 11 is 0. The Bertz CT molecular complexity index is 1200. The summed E-state index contributed by atoms with van der Waals surface area (Å²) in [6, 6.07) is 6.86. The number of rotatable bonds is 5. The van der Waals surface area contributed by atoms with E-state index in [0.717, 1.165) is 29.9 Å². The molecule has 1 fully saturated rings. The Morgan fingerprint density at radius 2 is 1.90 bits per heavy atom. The van der Waals surface area contributed by atoms with Gasteiger partial charge in [-0.3, -0.25) is 4.68 Å². The molecule has 0 radical (unpaired) electrons. The van der Waals surface area contributed by atoms with Gasteiger partial charge >= 0.3 is 0 Å². The van der Waals surface area contributed by atoms with Crippen LogP contribution >= 0.6 is 0 Å². The topological polar surface area (TPSA) is 119 Å². The monoisotopic (exact) mass is 427 g/mol. The summed E-state index contributed by atoms with van der Waals surface area (Å²) in [6.45, 7) is 5.02. The highest BCUT2D eigenvalue weighted by Gasteiger charge is 2.27. The Balaban J connectivity index is 1.76. The number of hydrogen-bond donors (Lipinski definition) is 2. The van der Waals surface area contributed by atoms with E-state index in [2.05, 4.69) is 20.4 Å². The van der Waals surface area contributed by atoms with E-state index in [1.807, 2.05) is 27.0 Å². The van der Waals surface area contributed by atoms with E-state index in [-0.39, 0.29) is 10.8 Å². The molecule has 3 aromatic rings. The lowest BCUT2D eigenvalue weighted by molar-refractivity contribution is 0.477. The van der Waals surface area contributed by atoms with Crippen molar-refractivity contribution in [2.75, 3.05) is 24.1 Å². The van der Waals surface area contributed by atoms with Gasteiger partial charge in [-0.1, -0.05) is 12.1 Å². The van der Waals surface area contributed by atoms with Crippen molar-refractivity contribution in [3.05, 3.63) is 41.7 Å². The number of nitrogens with zero attached hydrogens (tertiary/aromatic N) is 5. The summed E-state index contributed by atoms with van der Waals surface area (Å²) < 4.78 is 29.2. The smallest absolute Gasteiger partial charge is 0.243 e. The zero-order valence-corrected chi connectivity index (χ0v) is 18.1. The van der Waals surface area contributed by atoms with Gasteiger partial charge in [-0.25, -0.2) is 13.4 Å². The summed E-state index contributed by atoms with van der Waals surface area (Å²) in [5, 5.41) is 7.71. The van der Waals surface area contributed by atoms with E-state index in [1.54, 1.807) is 29.1 Å². The summed E-state index contributed by atoms with van der Waals surface area (Å²) in [6.07, 6.45) is 3.38. The standard InChI is InChI=1S/C20H25N7O2S/c1-13-14(2)25-26(3)19(13)23-18-17(12-22-20(21)24-18)15-7-6-8-16(11-15)30(28,29)27-9-4-5-10-27/h6-8,11-12H,4-5,9-10H2,1-3H3,(H3,21,22,23,24). The molecule has 158 valence electrons. The van der Waals surface area contributed by atoms with Gasteiger partial charge in [-0.2, -0.15) is 14.4 Å². The van der Waals surface area contributed by atoms with Gasteiger partial charge in [-0.15, -0.1) is 0 Å². The summed E-state index contributed by atoms with van der Waals surface area (Å²) in [4.78, 5) is 8.74. The van der Waals surface area contributed by atoms with Crippen molar-refractivity contribution in [2.45, 2.75) is 31.6 Å². The van der Waals surface area contributed by atoms with E-state index in [0.29, 0.717) is 30.0 Å². The van der Waals surface area contributed by atoms with Crippen molar-refractivity contribution < 1.29 is 8.42 Å². The molecule has 0 unspecified atom stereocenters. The molecule has 2 aromatic heterocycles. The second-order valence-electron chi connectivity index (χ2n) is 7.44. The minimum atomic E-state index is -3.53. The summed E-state index contributed by atoms with van der Waals surface area (Å²) in [5.41, 5.74) is 9.07. The highest BCUT2D eigenvalue weighted by atomic mass is 32.2. The first-order valence-electron chi connectivity index (χ1n) is 9.77. The summed E-state index contributed by atoms with van der Waals surface area (Å²) in [5.74, 6) is 1.40. The zero-order valence-electron chi connectivity index (χ0n) is 17.3. The average molecular weight is 428 g/mol. The van der Waals surface area contributed by atoms with E-state index in [1.165, 1.54) is 4.31 Å². The van der Waals surface area contributed by atoms with Gasteiger partial charge in [0.25, 0.3) is 0 Å². The Hall–Kier alpha value is -2.98. The maximum Gasteiger partial charge on any atom is 0.243 e. The second-order valence-corrected chi connectivity index (χ2v) is 9.38. The number of nitrogens with two attached hydrogens (primary N) is 1. The molecule has 1 aliphatic heterocycles. The third kappa shape index (κ3) is 3.63. The number of hydrogen-bond acceptors (Lipinski definition) is 7. The first-order valence-corrected chi connectivity index (χ1v) is 11.2. The Kier molecular flexibility index (Phi) is 5.20. The quantitative estimate of drug-likeness (QED) is 0.642. The predicted octanol–water partition coefficient (Wildman–Crippen LogP) is 2.60. The first-order chi connectivity index (χ1) is 14.3. The van der Waals surface area contributed by atoms with E-state index >= 15 is 0 Å². The molecule has 1 saturated heterocycles. The summed E-state index contributed by atoms with van der Waals surface area (Å²) in [7, 11) is -1.68. The van der Waals surface area contributed by atoms with E-state index in [9.17, 15) is 8.42 Å². The fourth-order valence-corrected chi connectivity index (χ4v) is 5.22. The fourth-order valence-electron chi connectivity index (χ4n) is 3.65. The van der Waals surface area contributed by atoms with Crippen LogP contribution in [0, 0.1) is 13.8 Å². The van der Waals surface area contributed by atoms with Gasteiger partial charge in [0.2, 0.25) is 16.0 Å². The third-order valence-electron chi connectivity index (χ3n) is 5.41. The van der Waals surface area contributed by atoms with Crippen molar-refractivity contribution in [2.24, 2.45) is 7.05 Å². The number of aromatic nitrogens is 4. The number of anilines is 3. The normalized spacial score (nSPS) is 14.9. The van der Waals surface area contributed by atoms with Gasteiger partial charge in [0, 0.05) is 37.5 Å². The molecule has 0 spiro atoms. The van der Waals surface area contributed by atoms with Crippen molar-refractivity contribution in [3.8, 4) is 11.1 Å². The van der Waals surface area contributed by atoms with Crippen LogP contribution in [0.15, 0.2) is 35.4 Å². The molecule has 0 saturated carbocycles. The van der Waals surface area contributed by atoms with Crippen LogP contribution in [0.5, 0.6) is 0 Å². The SMILES string of the molecule is Cc1nn(C)c(Nc2nc(N)ncc2-c2cccc(S(=O)(=O)N3CCCC3)c2)c1C. The Labute approximate surface area is 176 Å². The molecule has 0 atom stereocenters. The number of nitrogen functional groups attached to an aromatic ring is 1. The van der Waals surface area contributed by atoms with Crippen LogP contribution in [0.1, 0.15) is 24.1 Å². The predicted molar refractivity (Wildman–Crippen MR) is 116 cm³/mol. The van der Waals surface area contributed by atoms with Gasteiger partial charge < -0.3 is 11.1 Å². The molecule has 0 bridgehead atoms. The Morgan fingerprint density at radius 1 is 1.17 bits per heavy atom. The van der Waals surface area contributed by atoms with Crippen molar-refractivity contribution in [3.63, 3.8) is 0 Å². The van der Waals surface area contributed by atoms with E-state index < -0.39 is 10.0 Å². The maximum atomic E-state index is 13.0. The van der Waals surface area contributed by atoms with Crippen LogP contribution in [0.3, 0.4) is 0 Å². The maximum absolute atomic E-state index is 13.0. The molecule has 1 aromatic carbocycles. The van der Waals surface area contributed by atoms with Crippen molar-refractivity contribution in [1.82, 2.24) is 24.1 Å². The van der Waals surface area contributed by atoms with Gasteiger partial charge in [0.05, 0.1) is 10.6 Å². The van der Waals surface area contributed by atoms with Gasteiger partial charge in [0.15, 0.2) is 0 Å². The van der Waals surface area contributed by atoms with Crippen LogP contribution in [0.4, 0.5) is 17.6 Å². The molecular formula is C20H25N7O2S. The molecule has 1 aliphatic rings. The van der Waals surface area contributed by atoms with Gasteiger partial charge in [0.1, 0.15) is 11.6 Å². The molecular weight excluding hydrogens is 402 g/mol. The van der Waals surface area contributed by atoms with Crippen molar-refractivity contribution >= 4 is 27.6 Å². The minimum Gasteiger partial charge on any atom is -0.368 e. The lowest BCUT2D eigenvalue weighted by atomic mass is 10.1. The molecule has 30 heavy (non-hydrogen) atoms. The van der Waals surface area contributed by atoms with Gasteiger partial charge in [-0.05, 0) is 44.4 Å². The zero-order chi connectivity index (χ0) is 21.5. The average Bonchev–Trinajstić information content (AvgIpc) is 3.34. The Morgan fingerprint density at radius 3 is 2.57 bits per heavy atom. The number of benzene rings is 1. The highest BCUT2D eigenvalue weighted by Crippen LogP contribution is 2.32. The number of nitrogens with one attached hydrogen (secondary N) is 1. The molecule has 3 N–H and O–H groups in total. The molecule has 3 heterocycles. The largest absolute Gasteiger partial charge is 0.368 e. The van der Waals surface area contributed by atoms with Crippen LogP contribution in [0.25, 0.3) is 11.1 Å².